The zero-order valence-electron chi connectivity index (χ0n) is 8.71. The lowest BCUT2D eigenvalue weighted by Crippen LogP contribution is -2.33. The highest BCUT2D eigenvalue weighted by molar-refractivity contribution is 5.94. The lowest BCUT2D eigenvalue weighted by Gasteiger charge is -2.26. The minimum Gasteiger partial charge on any atom is -0.478 e. The summed E-state index contributed by atoms with van der Waals surface area (Å²) in [7, 11) is 1.74. The number of nitrogens with zero attached hydrogens (tertiary/aromatic N) is 2. The molecule has 1 rings (SSSR count). The predicted octanol–water partition coefficient (Wildman–Crippen LogP) is 0.597. The summed E-state index contributed by atoms with van der Waals surface area (Å²) in [6.07, 6.45) is 2.83. The fourth-order valence-corrected chi connectivity index (χ4v) is 1.22. The number of aliphatic hydroxyl groups is 1. The minimum atomic E-state index is -1.02. The molecular formula is C10H14N2O3. The Kier molecular flexibility index (Phi) is 3.62. The molecule has 0 bridgehead atoms. The maximum atomic E-state index is 10.9. The third-order valence-electron chi connectivity index (χ3n) is 2.33. The number of aromatic nitrogens is 1. The SMILES string of the molecule is CC(CO)N(C)c1ccncc1C(=O)O. The van der Waals surface area contributed by atoms with E-state index < -0.39 is 5.97 Å². The normalized spacial score (nSPS) is 12.2. The number of pyridine rings is 1. The highest BCUT2D eigenvalue weighted by Crippen LogP contribution is 2.19. The van der Waals surface area contributed by atoms with E-state index in [0.29, 0.717) is 5.69 Å². The lowest BCUT2D eigenvalue weighted by atomic mass is 10.2. The van der Waals surface area contributed by atoms with Crippen molar-refractivity contribution in [2.75, 3.05) is 18.6 Å². The van der Waals surface area contributed by atoms with Crippen LogP contribution in [-0.2, 0) is 0 Å². The Labute approximate surface area is 88.0 Å². The van der Waals surface area contributed by atoms with Gasteiger partial charge < -0.3 is 15.1 Å². The van der Waals surface area contributed by atoms with Gasteiger partial charge in [0.2, 0.25) is 0 Å². The molecule has 0 saturated carbocycles. The van der Waals surface area contributed by atoms with Crippen LogP contribution in [0.2, 0.25) is 0 Å². The van der Waals surface area contributed by atoms with Gasteiger partial charge in [0.15, 0.2) is 0 Å². The number of rotatable bonds is 4. The van der Waals surface area contributed by atoms with Gasteiger partial charge in [-0.15, -0.1) is 0 Å². The molecule has 2 N–H and O–H groups in total. The number of carboxylic acid groups (broad SMARTS) is 1. The van der Waals surface area contributed by atoms with Crippen molar-refractivity contribution in [2.24, 2.45) is 0 Å². The fourth-order valence-electron chi connectivity index (χ4n) is 1.22. The van der Waals surface area contributed by atoms with Crippen molar-refractivity contribution in [3.05, 3.63) is 24.0 Å². The van der Waals surface area contributed by atoms with E-state index in [1.165, 1.54) is 12.4 Å². The number of likely N-dealkylation sites (N-methyl/N-ethyl adjacent to an activating group) is 1. The Morgan fingerprint density at radius 2 is 2.33 bits per heavy atom. The first-order valence-electron chi connectivity index (χ1n) is 4.59. The van der Waals surface area contributed by atoms with E-state index in [1.807, 2.05) is 6.92 Å². The van der Waals surface area contributed by atoms with Crippen molar-refractivity contribution in [2.45, 2.75) is 13.0 Å². The van der Waals surface area contributed by atoms with Crippen LogP contribution in [-0.4, -0.2) is 40.9 Å². The first-order valence-corrected chi connectivity index (χ1v) is 4.59. The van der Waals surface area contributed by atoms with E-state index in [0.717, 1.165) is 0 Å². The summed E-state index contributed by atoms with van der Waals surface area (Å²) in [6.45, 7) is 1.78. The molecule has 15 heavy (non-hydrogen) atoms. The van der Waals surface area contributed by atoms with Crippen LogP contribution in [0.15, 0.2) is 18.5 Å². The van der Waals surface area contributed by atoms with Crippen LogP contribution in [0.3, 0.4) is 0 Å². The van der Waals surface area contributed by atoms with Gasteiger partial charge in [0.05, 0.1) is 12.3 Å². The number of hydrogen-bond acceptors (Lipinski definition) is 4. The molecular weight excluding hydrogens is 196 g/mol. The molecule has 82 valence electrons. The van der Waals surface area contributed by atoms with Crippen molar-refractivity contribution in [3.63, 3.8) is 0 Å². The van der Waals surface area contributed by atoms with E-state index in [2.05, 4.69) is 4.98 Å². The highest BCUT2D eigenvalue weighted by Gasteiger charge is 2.16. The second-order valence-electron chi connectivity index (χ2n) is 3.34. The van der Waals surface area contributed by atoms with Crippen molar-refractivity contribution in [1.82, 2.24) is 4.98 Å². The topological polar surface area (TPSA) is 73.7 Å². The fraction of sp³-hybridized carbons (Fsp3) is 0.400. The minimum absolute atomic E-state index is 0.0299. The molecule has 0 aliphatic rings. The molecule has 0 amide bonds. The summed E-state index contributed by atoms with van der Waals surface area (Å²) in [4.78, 5) is 16.4. The first kappa shape index (κ1) is 11.5. The van der Waals surface area contributed by atoms with E-state index in [9.17, 15) is 4.79 Å². The molecule has 0 radical (unpaired) electrons. The van der Waals surface area contributed by atoms with Crippen molar-refractivity contribution >= 4 is 11.7 Å². The number of aliphatic hydroxyl groups excluding tert-OH is 1. The molecule has 1 unspecified atom stereocenters. The van der Waals surface area contributed by atoms with Gasteiger partial charge >= 0.3 is 5.97 Å². The number of carboxylic acids is 1. The van der Waals surface area contributed by atoms with Crippen LogP contribution in [0.1, 0.15) is 17.3 Å². The molecule has 1 atom stereocenters. The number of aromatic carboxylic acids is 1. The summed E-state index contributed by atoms with van der Waals surface area (Å²) in [5.74, 6) is -1.02. The molecule has 5 nitrogen and oxygen atoms in total. The zero-order chi connectivity index (χ0) is 11.4. The van der Waals surface area contributed by atoms with Gasteiger partial charge in [-0.05, 0) is 13.0 Å². The van der Waals surface area contributed by atoms with Gasteiger partial charge in [0.25, 0.3) is 0 Å². The molecule has 1 heterocycles. The van der Waals surface area contributed by atoms with Crippen LogP contribution >= 0.6 is 0 Å². The predicted molar refractivity (Wildman–Crippen MR) is 56.1 cm³/mol. The van der Waals surface area contributed by atoms with Crippen molar-refractivity contribution < 1.29 is 15.0 Å². The highest BCUT2D eigenvalue weighted by atomic mass is 16.4. The Morgan fingerprint density at radius 3 is 2.87 bits per heavy atom. The average molecular weight is 210 g/mol. The monoisotopic (exact) mass is 210 g/mol. The zero-order valence-corrected chi connectivity index (χ0v) is 8.71. The molecule has 1 aromatic rings. The van der Waals surface area contributed by atoms with Gasteiger partial charge in [-0.1, -0.05) is 0 Å². The molecule has 0 fully saturated rings. The molecule has 0 aromatic carbocycles. The number of carbonyl (C=O) groups is 1. The Morgan fingerprint density at radius 1 is 1.67 bits per heavy atom. The largest absolute Gasteiger partial charge is 0.478 e. The van der Waals surface area contributed by atoms with Crippen LogP contribution in [0, 0.1) is 0 Å². The van der Waals surface area contributed by atoms with E-state index in [1.54, 1.807) is 18.0 Å². The number of hydrogen-bond donors (Lipinski definition) is 2. The summed E-state index contributed by atoms with van der Waals surface area (Å²) in [5, 5.41) is 17.9. The van der Waals surface area contributed by atoms with Gasteiger partial charge in [-0.3, -0.25) is 4.98 Å². The molecule has 0 aliphatic heterocycles. The van der Waals surface area contributed by atoms with E-state index >= 15 is 0 Å². The average Bonchev–Trinajstić information content (AvgIpc) is 2.27. The number of anilines is 1. The molecule has 0 aliphatic carbocycles. The maximum Gasteiger partial charge on any atom is 0.339 e. The first-order chi connectivity index (χ1) is 7.07. The molecule has 1 aromatic heterocycles. The van der Waals surface area contributed by atoms with Gasteiger partial charge in [0.1, 0.15) is 5.56 Å². The van der Waals surface area contributed by atoms with Crippen LogP contribution in [0.25, 0.3) is 0 Å². The smallest absolute Gasteiger partial charge is 0.339 e. The molecule has 0 saturated heterocycles. The van der Waals surface area contributed by atoms with Crippen LogP contribution < -0.4 is 4.90 Å². The van der Waals surface area contributed by atoms with Gasteiger partial charge in [-0.2, -0.15) is 0 Å². The second-order valence-corrected chi connectivity index (χ2v) is 3.34. The summed E-state index contributed by atoms with van der Waals surface area (Å²) >= 11 is 0. The summed E-state index contributed by atoms with van der Waals surface area (Å²) in [5.41, 5.74) is 0.694. The van der Waals surface area contributed by atoms with Gasteiger partial charge in [-0.25, -0.2) is 4.79 Å². The molecule has 5 heteroatoms. The lowest BCUT2D eigenvalue weighted by molar-refractivity contribution is 0.0697. The van der Waals surface area contributed by atoms with Crippen molar-refractivity contribution in [1.29, 1.82) is 0 Å². The van der Waals surface area contributed by atoms with Crippen molar-refractivity contribution in [3.8, 4) is 0 Å². The van der Waals surface area contributed by atoms with E-state index in [4.69, 9.17) is 10.2 Å². The van der Waals surface area contributed by atoms with E-state index in [-0.39, 0.29) is 18.2 Å². The van der Waals surface area contributed by atoms with Crippen LogP contribution in [0.4, 0.5) is 5.69 Å². The third-order valence-corrected chi connectivity index (χ3v) is 2.33. The quantitative estimate of drug-likeness (QED) is 0.761. The second kappa shape index (κ2) is 4.75. The maximum absolute atomic E-state index is 10.9. The summed E-state index contributed by atoms with van der Waals surface area (Å²) in [6, 6.07) is 1.49. The third kappa shape index (κ3) is 2.44. The Bertz CT molecular complexity index is 354. The van der Waals surface area contributed by atoms with Crippen LogP contribution in [0.5, 0.6) is 0 Å². The van der Waals surface area contributed by atoms with Gasteiger partial charge in [0, 0.05) is 25.5 Å². The standard InChI is InChI=1S/C10H14N2O3/c1-7(6-13)12(2)9-3-4-11-5-8(9)10(14)15/h3-5,7,13H,6H2,1-2H3,(H,14,15). The Hall–Kier alpha value is -1.62. The molecule has 0 spiro atoms. The summed E-state index contributed by atoms with van der Waals surface area (Å²) < 4.78 is 0. The Balaban J connectivity index is 3.07.